The molecule has 1 aromatic rings. The molecule has 0 aliphatic rings. The lowest BCUT2D eigenvalue weighted by atomic mass is 9.85. The maximum Gasteiger partial charge on any atom is 0.255 e. The van der Waals surface area contributed by atoms with E-state index in [1.165, 1.54) is 7.11 Å². The van der Waals surface area contributed by atoms with Crippen LogP contribution in [0, 0.1) is 6.92 Å². The van der Waals surface area contributed by atoms with Gasteiger partial charge in [-0.15, -0.1) is 0 Å². The summed E-state index contributed by atoms with van der Waals surface area (Å²) < 4.78 is 5.20. The van der Waals surface area contributed by atoms with Crippen molar-refractivity contribution in [3.63, 3.8) is 0 Å². The highest BCUT2D eigenvalue weighted by Crippen LogP contribution is 2.24. The van der Waals surface area contributed by atoms with Crippen molar-refractivity contribution in [2.45, 2.75) is 45.8 Å². The van der Waals surface area contributed by atoms with Gasteiger partial charge in [0.15, 0.2) is 0 Å². The second-order valence-electron chi connectivity index (χ2n) is 5.84. The minimum atomic E-state index is -1.03. The number of aliphatic hydroxyl groups is 1. The highest BCUT2D eigenvalue weighted by molar-refractivity contribution is 5.97. The Labute approximate surface area is 114 Å². The van der Waals surface area contributed by atoms with E-state index in [4.69, 9.17) is 4.74 Å². The minimum absolute atomic E-state index is 0.257. The average molecular weight is 265 g/mol. The molecule has 0 radical (unpaired) electrons. The van der Waals surface area contributed by atoms with Gasteiger partial charge in [-0.3, -0.25) is 4.79 Å². The Morgan fingerprint density at radius 2 is 1.84 bits per heavy atom. The SMILES string of the molecule is COc1ccc(C)cc1C(=O)NC(C)(C)C(C)(C)O. The number of aryl methyl sites for hydroxylation is 1. The quantitative estimate of drug-likeness (QED) is 0.878. The molecule has 1 amide bonds. The van der Waals surface area contributed by atoms with Crippen molar-refractivity contribution in [1.29, 1.82) is 0 Å². The van der Waals surface area contributed by atoms with Gasteiger partial charge in [-0.1, -0.05) is 11.6 Å². The summed E-state index contributed by atoms with van der Waals surface area (Å²) in [6, 6.07) is 5.42. The molecule has 0 spiro atoms. The molecule has 0 heterocycles. The summed E-state index contributed by atoms with van der Waals surface area (Å²) in [6.45, 7) is 8.82. The Balaban J connectivity index is 3.05. The summed E-state index contributed by atoms with van der Waals surface area (Å²) in [7, 11) is 1.53. The Morgan fingerprint density at radius 3 is 2.32 bits per heavy atom. The number of hydrogen-bond acceptors (Lipinski definition) is 3. The minimum Gasteiger partial charge on any atom is -0.496 e. The number of rotatable bonds is 4. The Bertz CT molecular complexity index is 473. The highest BCUT2D eigenvalue weighted by atomic mass is 16.5. The monoisotopic (exact) mass is 265 g/mol. The molecular formula is C15H23NO3. The van der Waals surface area contributed by atoms with Crippen LogP contribution in [0.1, 0.15) is 43.6 Å². The molecule has 1 rings (SSSR count). The van der Waals surface area contributed by atoms with E-state index in [1.807, 2.05) is 13.0 Å². The Morgan fingerprint density at radius 1 is 1.26 bits per heavy atom. The molecule has 0 atom stereocenters. The smallest absolute Gasteiger partial charge is 0.255 e. The first-order valence-electron chi connectivity index (χ1n) is 6.28. The summed E-state index contributed by atoms with van der Waals surface area (Å²) >= 11 is 0. The maximum absolute atomic E-state index is 12.3. The first-order chi connectivity index (χ1) is 8.58. The van der Waals surface area contributed by atoms with Crippen LogP contribution < -0.4 is 10.1 Å². The zero-order chi connectivity index (χ0) is 14.8. The molecule has 0 fully saturated rings. The number of methoxy groups -OCH3 is 1. The van der Waals surface area contributed by atoms with Crippen LogP contribution >= 0.6 is 0 Å². The first-order valence-corrected chi connectivity index (χ1v) is 6.28. The molecule has 0 aromatic heterocycles. The van der Waals surface area contributed by atoms with E-state index in [0.29, 0.717) is 11.3 Å². The molecule has 0 saturated carbocycles. The Hall–Kier alpha value is -1.55. The van der Waals surface area contributed by atoms with E-state index in [1.54, 1.807) is 39.8 Å². The molecule has 4 nitrogen and oxygen atoms in total. The average Bonchev–Trinajstić information content (AvgIpc) is 2.26. The Kier molecular flexibility index (Phi) is 4.25. The van der Waals surface area contributed by atoms with Gasteiger partial charge in [-0.25, -0.2) is 0 Å². The molecule has 0 saturated heterocycles. The van der Waals surface area contributed by atoms with E-state index < -0.39 is 11.1 Å². The number of hydrogen-bond donors (Lipinski definition) is 2. The summed E-state index contributed by atoms with van der Waals surface area (Å²) in [5.74, 6) is 0.266. The van der Waals surface area contributed by atoms with Gasteiger partial charge in [-0.05, 0) is 46.8 Å². The third-order valence-corrected chi connectivity index (χ3v) is 3.56. The summed E-state index contributed by atoms with van der Waals surface area (Å²) in [6.07, 6.45) is 0. The van der Waals surface area contributed by atoms with E-state index in [0.717, 1.165) is 5.56 Å². The van der Waals surface area contributed by atoms with Crippen LogP contribution in [-0.2, 0) is 0 Å². The van der Waals surface area contributed by atoms with Crippen LogP contribution in [0.5, 0.6) is 5.75 Å². The van der Waals surface area contributed by atoms with Crippen molar-refractivity contribution in [1.82, 2.24) is 5.32 Å². The van der Waals surface area contributed by atoms with Crippen molar-refractivity contribution < 1.29 is 14.6 Å². The van der Waals surface area contributed by atoms with Crippen molar-refractivity contribution >= 4 is 5.91 Å². The van der Waals surface area contributed by atoms with Crippen LogP contribution in [0.4, 0.5) is 0 Å². The van der Waals surface area contributed by atoms with Crippen LogP contribution in [0.3, 0.4) is 0 Å². The van der Waals surface area contributed by atoms with Gasteiger partial charge >= 0.3 is 0 Å². The number of benzene rings is 1. The second kappa shape index (κ2) is 5.21. The molecule has 0 unspecified atom stereocenters. The molecule has 0 aliphatic carbocycles. The fourth-order valence-corrected chi connectivity index (χ4v) is 1.50. The number of carbonyl (C=O) groups excluding carboxylic acids is 1. The van der Waals surface area contributed by atoms with Crippen LogP contribution in [0.25, 0.3) is 0 Å². The predicted octanol–water partition coefficient (Wildman–Crippen LogP) is 2.28. The van der Waals surface area contributed by atoms with Crippen molar-refractivity contribution in [2.75, 3.05) is 7.11 Å². The molecule has 106 valence electrons. The van der Waals surface area contributed by atoms with Crippen molar-refractivity contribution in [3.8, 4) is 5.75 Å². The molecule has 0 bridgehead atoms. The number of ether oxygens (including phenoxy) is 1. The largest absolute Gasteiger partial charge is 0.496 e. The van der Waals surface area contributed by atoms with Crippen molar-refractivity contribution in [2.24, 2.45) is 0 Å². The molecule has 1 aromatic carbocycles. The first kappa shape index (κ1) is 15.5. The van der Waals surface area contributed by atoms with Gasteiger partial charge < -0.3 is 15.2 Å². The summed E-state index contributed by atoms with van der Waals surface area (Å²) in [5.41, 5.74) is -0.328. The van der Waals surface area contributed by atoms with Gasteiger partial charge in [0.1, 0.15) is 5.75 Å². The van der Waals surface area contributed by atoms with Crippen LogP contribution in [0.15, 0.2) is 18.2 Å². The standard InChI is InChI=1S/C15H23NO3/c1-10-7-8-12(19-6)11(9-10)13(17)16-14(2,3)15(4,5)18/h7-9,18H,1-6H3,(H,16,17). The topological polar surface area (TPSA) is 58.6 Å². The van der Waals surface area contributed by atoms with Gasteiger partial charge in [-0.2, -0.15) is 0 Å². The lowest BCUT2D eigenvalue weighted by Crippen LogP contribution is -2.57. The fourth-order valence-electron chi connectivity index (χ4n) is 1.50. The van der Waals surface area contributed by atoms with E-state index in [-0.39, 0.29) is 5.91 Å². The molecule has 19 heavy (non-hydrogen) atoms. The van der Waals surface area contributed by atoms with Gasteiger partial charge in [0, 0.05) is 0 Å². The summed E-state index contributed by atoms with van der Waals surface area (Å²) in [5, 5.41) is 12.9. The van der Waals surface area contributed by atoms with E-state index in [2.05, 4.69) is 5.32 Å². The summed E-state index contributed by atoms with van der Waals surface area (Å²) in [4.78, 5) is 12.3. The fraction of sp³-hybridized carbons (Fsp3) is 0.533. The van der Waals surface area contributed by atoms with Crippen LogP contribution in [-0.4, -0.2) is 29.3 Å². The molecule has 0 aliphatic heterocycles. The zero-order valence-corrected chi connectivity index (χ0v) is 12.5. The normalized spacial score (nSPS) is 12.2. The second-order valence-corrected chi connectivity index (χ2v) is 5.84. The predicted molar refractivity (Wildman–Crippen MR) is 75.6 cm³/mol. The number of nitrogens with one attached hydrogen (secondary N) is 1. The van der Waals surface area contributed by atoms with Gasteiger partial charge in [0.05, 0.1) is 23.8 Å². The van der Waals surface area contributed by atoms with Crippen LogP contribution in [0.2, 0.25) is 0 Å². The number of amides is 1. The van der Waals surface area contributed by atoms with Gasteiger partial charge in [0.2, 0.25) is 0 Å². The van der Waals surface area contributed by atoms with E-state index in [9.17, 15) is 9.90 Å². The molecular weight excluding hydrogens is 242 g/mol. The van der Waals surface area contributed by atoms with Gasteiger partial charge in [0.25, 0.3) is 5.91 Å². The lowest BCUT2D eigenvalue weighted by Gasteiger charge is -2.38. The lowest BCUT2D eigenvalue weighted by molar-refractivity contribution is -0.00297. The molecule has 2 N–H and O–H groups in total. The van der Waals surface area contributed by atoms with E-state index >= 15 is 0 Å². The zero-order valence-electron chi connectivity index (χ0n) is 12.5. The third kappa shape index (κ3) is 3.47. The molecule has 4 heteroatoms. The van der Waals surface area contributed by atoms with Crippen molar-refractivity contribution in [3.05, 3.63) is 29.3 Å². The highest BCUT2D eigenvalue weighted by Gasteiger charge is 2.36. The maximum atomic E-state index is 12.3. The number of carbonyl (C=O) groups is 1. The third-order valence-electron chi connectivity index (χ3n) is 3.56.